The van der Waals surface area contributed by atoms with E-state index in [9.17, 15) is 0 Å². The normalized spacial score (nSPS) is 15.9. The van der Waals surface area contributed by atoms with Crippen LogP contribution in [0, 0.1) is 13.8 Å². The molecule has 0 saturated carbocycles. The largest absolute Gasteiger partial charge is 0.297 e. The van der Waals surface area contributed by atoms with Crippen molar-refractivity contribution < 1.29 is 0 Å². The summed E-state index contributed by atoms with van der Waals surface area (Å²) in [5, 5.41) is 13.3. The third kappa shape index (κ3) is 5.77. The first kappa shape index (κ1) is 26.0. The van der Waals surface area contributed by atoms with E-state index >= 15 is 0 Å². The van der Waals surface area contributed by atoms with Crippen LogP contribution in [0.4, 0.5) is 0 Å². The topological polar surface area (TPSA) is 50.1 Å². The van der Waals surface area contributed by atoms with E-state index in [1.807, 2.05) is 4.68 Å². The zero-order valence-corrected chi connectivity index (χ0v) is 23.0. The van der Waals surface area contributed by atoms with Crippen LogP contribution in [0.3, 0.4) is 0 Å². The predicted molar refractivity (Wildman–Crippen MR) is 154 cm³/mol. The monoisotopic (exact) mass is 506 g/mol. The number of aromatic nitrogens is 4. The van der Waals surface area contributed by atoms with Crippen LogP contribution in [-0.2, 0) is 0 Å². The average molecular weight is 507 g/mol. The second-order valence-corrected chi connectivity index (χ2v) is 10.6. The third-order valence-electron chi connectivity index (χ3n) is 7.55. The minimum atomic E-state index is -0.0211. The Morgan fingerprint density at radius 1 is 0.789 bits per heavy atom. The minimum Gasteiger partial charge on any atom is -0.297 e. The maximum Gasteiger partial charge on any atom is 0.178 e. The molecule has 0 amide bonds. The Hall–Kier alpha value is -3.61. The lowest BCUT2D eigenvalue weighted by atomic mass is 9.97. The number of nitrogens with zero attached hydrogens (tertiary/aromatic N) is 6. The van der Waals surface area contributed by atoms with Crippen LogP contribution in [0.2, 0.25) is 0 Å². The van der Waals surface area contributed by atoms with Gasteiger partial charge in [0, 0.05) is 32.7 Å². The molecular formula is C32H38N6. The molecule has 0 radical (unpaired) electrons. The van der Waals surface area contributed by atoms with Gasteiger partial charge >= 0.3 is 0 Å². The van der Waals surface area contributed by atoms with E-state index in [4.69, 9.17) is 0 Å². The lowest BCUT2D eigenvalue weighted by Gasteiger charge is -2.38. The third-order valence-corrected chi connectivity index (χ3v) is 7.55. The van der Waals surface area contributed by atoms with Crippen molar-refractivity contribution in [2.45, 2.75) is 39.7 Å². The SMILES string of the molecule is Cc1cccc(C)c1-n1nnnc1[C@H](c1ccc(C(C)C)cc1)N1CCN(C/C=C/c2ccccc2)CC1. The molecule has 38 heavy (non-hydrogen) atoms. The zero-order chi connectivity index (χ0) is 26.5. The molecule has 1 aromatic heterocycles. The smallest absolute Gasteiger partial charge is 0.178 e. The molecule has 1 aliphatic heterocycles. The molecule has 6 heteroatoms. The van der Waals surface area contributed by atoms with Crippen molar-refractivity contribution in [3.63, 3.8) is 0 Å². The van der Waals surface area contributed by atoms with E-state index in [-0.39, 0.29) is 6.04 Å². The van der Waals surface area contributed by atoms with E-state index in [2.05, 4.69) is 138 Å². The van der Waals surface area contributed by atoms with Gasteiger partial charge in [0.05, 0.1) is 11.7 Å². The molecule has 5 rings (SSSR count). The van der Waals surface area contributed by atoms with E-state index in [0.29, 0.717) is 5.92 Å². The van der Waals surface area contributed by atoms with Crippen molar-refractivity contribution in [3.05, 3.63) is 113 Å². The molecule has 0 N–H and O–H groups in total. The van der Waals surface area contributed by atoms with E-state index < -0.39 is 0 Å². The Balaban J connectivity index is 1.40. The van der Waals surface area contributed by atoms with Crippen molar-refractivity contribution in [1.29, 1.82) is 0 Å². The van der Waals surface area contributed by atoms with Gasteiger partial charge in [0.1, 0.15) is 0 Å². The van der Waals surface area contributed by atoms with Gasteiger partial charge in [0.15, 0.2) is 5.82 Å². The molecule has 0 spiro atoms. The van der Waals surface area contributed by atoms with Gasteiger partial charge in [-0.1, -0.05) is 98.8 Å². The number of aryl methyl sites for hydroxylation is 2. The molecule has 4 aromatic rings. The van der Waals surface area contributed by atoms with Gasteiger partial charge in [-0.15, -0.1) is 5.10 Å². The molecule has 0 bridgehead atoms. The van der Waals surface area contributed by atoms with Crippen LogP contribution in [0.25, 0.3) is 11.8 Å². The number of tetrazole rings is 1. The lowest BCUT2D eigenvalue weighted by Crippen LogP contribution is -2.48. The summed E-state index contributed by atoms with van der Waals surface area (Å²) in [7, 11) is 0. The second-order valence-electron chi connectivity index (χ2n) is 10.6. The number of piperazine rings is 1. The number of benzene rings is 3. The van der Waals surface area contributed by atoms with Crippen LogP contribution in [0.5, 0.6) is 0 Å². The van der Waals surface area contributed by atoms with E-state index in [0.717, 1.165) is 44.2 Å². The number of hydrogen-bond acceptors (Lipinski definition) is 5. The quantitative estimate of drug-likeness (QED) is 0.301. The molecule has 196 valence electrons. The average Bonchev–Trinajstić information content (AvgIpc) is 3.39. The molecule has 6 nitrogen and oxygen atoms in total. The summed E-state index contributed by atoms with van der Waals surface area (Å²) in [6.07, 6.45) is 4.48. The fourth-order valence-corrected chi connectivity index (χ4v) is 5.36. The first-order valence-electron chi connectivity index (χ1n) is 13.6. The maximum atomic E-state index is 4.62. The van der Waals surface area contributed by atoms with Crippen LogP contribution >= 0.6 is 0 Å². The molecule has 3 aromatic carbocycles. The number of para-hydroxylation sites is 1. The fourth-order valence-electron chi connectivity index (χ4n) is 5.36. The highest BCUT2D eigenvalue weighted by Gasteiger charge is 2.31. The zero-order valence-electron chi connectivity index (χ0n) is 23.0. The summed E-state index contributed by atoms with van der Waals surface area (Å²) in [6.45, 7) is 13.6. The van der Waals surface area contributed by atoms with Crippen molar-refractivity contribution >= 4 is 6.08 Å². The molecule has 1 aliphatic rings. The Morgan fingerprint density at radius 2 is 1.45 bits per heavy atom. The van der Waals surface area contributed by atoms with Crippen molar-refractivity contribution in [1.82, 2.24) is 30.0 Å². The molecule has 1 fully saturated rings. The maximum absolute atomic E-state index is 4.62. The van der Waals surface area contributed by atoms with Crippen LogP contribution < -0.4 is 0 Å². The van der Waals surface area contributed by atoms with Crippen molar-refractivity contribution in [2.24, 2.45) is 0 Å². The Bertz CT molecular complexity index is 1330. The van der Waals surface area contributed by atoms with Crippen LogP contribution in [-0.4, -0.2) is 62.7 Å². The highest BCUT2D eigenvalue weighted by atomic mass is 15.6. The summed E-state index contributed by atoms with van der Waals surface area (Å²) in [5.74, 6) is 1.37. The number of hydrogen-bond donors (Lipinski definition) is 0. The molecule has 1 saturated heterocycles. The Kier molecular flexibility index (Phi) is 8.11. The summed E-state index contributed by atoms with van der Waals surface area (Å²) in [6, 6.07) is 25.9. The van der Waals surface area contributed by atoms with Gasteiger partial charge in [-0.2, -0.15) is 4.68 Å². The van der Waals surface area contributed by atoms with Gasteiger partial charge in [-0.05, 0) is 58.0 Å². The minimum absolute atomic E-state index is 0.0211. The Morgan fingerprint density at radius 3 is 2.11 bits per heavy atom. The standard InChI is InChI=1S/C32H38N6/c1-24(2)28-15-17-29(18-16-28)31(32-33-34-35-38(32)30-25(3)10-8-11-26(30)4)37-22-20-36(21-23-37)19-9-14-27-12-6-5-7-13-27/h5-18,24,31H,19-23H2,1-4H3/b14-9+/t31-/m0/s1. The summed E-state index contributed by atoms with van der Waals surface area (Å²) < 4.78 is 1.96. The second kappa shape index (κ2) is 11.8. The van der Waals surface area contributed by atoms with E-state index in [1.54, 1.807) is 0 Å². The predicted octanol–water partition coefficient (Wildman–Crippen LogP) is 5.82. The van der Waals surface area contributed by atoms with Gasteiger partial charge in [-0.3, -0.25) is 9.80 Å². The molecule has 0 unspecified atom stereocenters. The highest BCUT2D eigenvalue weighted by molar-refractivity contribution is 5.49. The first-order chi connectivity index (χ1) is 18.5. The molecule has 2 heterocycles. The highest BCUT2D eigenvalue weighted by Crippen LogP contribution is 2.31. The number of rotatable bonds is 8. The summed E-state index contributed by atoms with van der Waals surface area (Å²) in [4.78, 5) is 5.06. The van der Waals surface area contributed by atoms with Crippen molar-refractivity contribution in [2.75, 3.05) is 32.7 Å². The Labute approximate surface area is 226 Å². The fraction of sp³-hybridized carbons (Fsp3) is 0.344. The van der Waals surface area contributed by atoms with E-state index in [1.165, 1.54) is 27.8 Å². The van der Waals surface area contributed by atoms with Gasteiger partial charge in [-0.25, -0.2) is 0 Å². The molecule has 0 aliphatic carbocycles. The summed E-state index contributed by atoms with van der Waals surface area (Å²) in [5.41, 5.74) is 7.23. The lowest BCUT2D eigenvalue weighted by molar-refractivity contribution is 0.113. The van der Waals surface area contributed by atoms with Gasteiger partial charge in [0.25, 0.3) is 0 Å². The van der Waals surface area contributed by atoms with Crippen molar-refractivity contribution in [3.8, 4) is 5.69 Å². The van der Waals surface area contributed by atoms with Gasteiger partial charge < -0.3 is 0 Å². The van der Waals surface area contributed by atoms with Crippen LogP contribution in [0.15, 0.2) is 78.9 Å². The molecular weight excluding hydrogens is 468 g/mol. The van der Waals surface area contributed by atoms with Crippen LogP contribution in [0.1, 0.15) is 59.4 Å². The first-order valence-corrected chi connectivity index (χ1v) is 13.6. The molecule has 1 atom stereocenters. The van der Waals surface area contributed by atoms with Gasteiger partial charge in [0.2, 0.25) is 0 Å². The summed E-state index contributed by atoms with van der Waals surface area (Å²) >= 11 is 0.